The molecular weight excluding hydrogens is 174 g/mol. The summed E-state index contributed by atoms with van der Waals surface area (Å²) in [7, 11) is -3.06. The third-order valence-electron chi connectivity index (χ3n) is 1.21. The zero-order valence-electron chi connectivity index (χ0n) is 6.69. The lowest BCUT2D eigenvalue weighted by molar-refractivity contribution is 0.607. The molecule has 0 spiro atoms. The number of rotatable bonds is 3. The van der Waals surface area contributed by atoms with Crippen LogP contribution in [0.5, 0.6) is 0 Å². The molecule has 0 fully saturated rings. The molecule has 0 bridgehead atoms. The van der Waals surface area contributed by atoms with Crippen LogP contribution < -0.4 is 5.32 Å². The molecule has 4 heteroatoms. The van der Waals surface area contributed by atoms with E-state index >= 15 is 0 Å². The van der Waals surface area contributed by atoms with Gasteiger partial charge in [-0.05, 0) is 12.1 Å². The highest BCUT2D eigenvalue weighted by Crippen LogP contribution is 2.06. The van der Waals surface area contributed by atoms with Crippen LogP contribution in [0.25, 0.3) is 0 Å². The molecule has 3 nitrogen and oxygen atoms in total. The second-order valence-electron chi connectivity index (χ2n) is 2.46. The zero-order valence-corrected chi connectivity index (χ0v) is 7.51. The molecule has 1 rings (SSSR count). The third-order valence-corrected chi connectivity index (χ3v) is 1.76. The lowest BCUT2D eigenvalue weighted by atomic mass is 10.3. The SMILES string of the molecule is CS(=O)(=O)[CH]Nc1ccccc1. The largest absolute Gasteiger partial charge is 0.367 e. The van der Waals surface area contributed by atoms with Gasteiger partial charge in [0.05, 0.1) is 0 Å². The predicted molar refractivity (Wildman–Crippen MR) is 49.2 cm³/mol. The Morgan fingerprint density at radius 1 is 1.25 bits per heavy atom. The number of nitrogens with one attached hydrogen (secondary N) is 1. The van der Waals surface area contributed by atoms with Gasteiger partial charge in [0.2, 0.25) is 0 Å². The Balaban J connectivity index is 2.56. The average molecular weight is 184 g/mol. The maximum atomic E-state index is 10.7. The molecule has 0 aliphatic carbocycles. The first-order valence-corrected chi connectivity index (χ1v) is 5.38. The molecule has 1 radical (unpaired) electrons. The molecule has 0 heterocycles. The Hall–Kier alpha value is -1.03. The van der Waals surface area contributed by atoms with Crippen LogP contribution in [-0.2, 0) is 9.84 Å². The summed E-state index contributed by atoms with van der Waals surface area (Å²) in [6.45, 7) is 0. The second-order valence-corrected chi connectivity index (χ2v) is 4.35. The molecule has 65 valence electrons. The maximum Gasteiger partial charge on any atom is 0.171 e. The highest BCUT2D eigenvalue weighted by Gasteiger charge is 2.00. The summed E-state index contributed by atoms with van der Waals surface area (Å²) >= 11 is 0. The Labute approximate surface area is 72.3 Å². The van der Waals surface area contributed by atoms with E-state index < -0.39 is 9.84 Å². The van der Waals surface area contributed by atoms with E-state index in [4.69, 9.17) is 0 Å². The summed E-state index contributed by atoms with van der Waals surface area (Å²) in [5.74, 6) is 1.07. The fraction of sp³-hybridized carbons (Fsp3) is 0.125. The van der Waals surface area contributed by atoms with Gasteiger partial charge in [0, 0.05) is 11.9 Å². The summed E-state index contributed by atoms with van der Waals surface area (Å²) in [6.07, 6.45) is 1.14. The molecule has 0 aromatic heterocycles. The average Bonchev–Trinajstić information content (AvgIpc) is 2.02. The van der Waals surface area contributed by atoms with E-state index in [1.54, 1.807) is 12.1 Å². The van der Waals surface area contributed by atoms with Crippen molar-refractivity contribution in [2.75, 3.05) is 11.6 Å². The minimum absolute atomic E-state index is 0.767. The van der Waals surface area contributed by atoms with Crippen LogP contribution in [0.15, 0.2) is 30.3 Å². The lowest BCUT2D eigenvalue weighted by Gasteiger charge is -2.01. The number of para-hydroxylation sites is 1. The summed E-state index contributed by atoms with van der Waals surface area (Å²) in [6, 6.07) is 9.12. The zero-order chi connectivity index (χ0) is 9.03. The molecule has 0 aliphatic rings. The Morgan fingerprint density at radius 3 is 2.33 bits per heavy atom. The van der Waals surface area contributed by atoms with Gasteiger partial charge in [-0.3, -0.25) is 0 Å². The Morgan fingerprint density at radius 2 is 1.83 bits per heavy atom. The molecule has 0 unspecified atom stereocenters. The number of anilines is 1. The van der Waals surface area contributed by atoms with Crippen molar-refractivity contribution in [3.8, 4) is 0 Å². The Kier molecular flexibility index (Phi) is 2.70. The minimum Gasteiger partial charge on any atom is -0.367 e. The summed E-state index contributed by atoms with van der Waals surface area (Å²) < 4.78 is 21.4. The van der Waals surface area contributed by atoms with Gasteiger partial charge >= 0.3 is 0 Å². The smallest absolute Gasteiger partial charge is 0.171 e. The van der Waals surface area contributed by atoms with Gasteiger partial charge in [0.15, 0.2) is 15.7 Å². The molecule has 1 aromatic carbocycles. The molecule has 0 saturated heterocycles. The normalized spacial score (nSPS) is 11.1. The molecule has 1 aromatic rings. The van der Waals surface area contributed by atoms with E-state index in [2.05, 4.69) is 5.32 Å². The fourth-order valence-electron chi connectivity index (χ4n) is 0.709. The van der Waals surface area contributed by atoms with Crippen LogP contribution in [0.4, 0.5) is 5.69 Å². The topological polar surface area (TPSA) is 46.2 Å². The molecule has 0 amide bonds. The fourth-order valence-corrected chi connectivity index (χ4v) is 1.06. The van der Waals surface area contributed by atoms with Crippen LogP contribution in [0.1, 0.15) is 0 Å². The first-order valence-electron chi connectivity index (χ1n) is 3.43. The van der Waals surface area contributed by atoms with Crippen molar-refractivity contribution in [1.29, 1.82) is 0 Å². The van der Waals surface area contributed by atoms with E-state index in [1.165, 1.54) is 0 Å². The van der Waals surface area contributed by atoms with E-state index in [1.807, 2.05) is 18.2 Å². The maximum absolute atomic E-state index is 10.7. The van der Waals surface area contributed by atoms with Gasteiger partial charge in [-0.15, -0.1) is 0 Å². The third kappa shape index (κ3) is 3.39. The molecule has 1 N–H and O–H groups in total. The molecule has 0 aliphatic heterocycles. The van der Waals surface area contributed by atoms with Gasteiger partial charge < -0.3 is 5.32 Å². The van der Waals surface area contributed by atoms with Crippen LogP contribution >= 0.6 is 0 Å². The van der Waals surface area contributed by atoms with E-state index in [0.717, 1.165) is 17.8 Å². The molecule has 0 saturated carbocycles. The number of sulfone groups is 1. The highest BCUT2D eigenvalue weighted by atomic mass is 32.2. The summed E-state index contributed by atoms with van der Waals surface area (Å²) in [5.41, 5.74) is 0.767. The molecule has 12 heavy (non-hydrogen) atoms. The van der Waals surface area contributed by atoms with Crippen molar-refractivity contribution in [2.24, 2.45) is 0 Å². The number of benzene rings is 1. The van der Waals surface area contributed by atoms with Crippen LogP contribution in [0, 0.1) is 5.88 Å². The van der Waals surface area contributed by atoms with Crippen molar-refractivity contribution in [3.05, 3.63) is 36.2 Å². The summed E-state index contributed by atoms with van der Waals surface area (Å²) in [5, 5.41) is 2.67. The van der Waals surface area contributed by atoms with Gasteiger partial charge in [0.25, 0.3) is 0 Å². The van der Waals surface area contributed by atoms with Crippen molar-refractivity contribution >= 4 is 15.5 Å². The lowest BCUT2D eigenvalue weighted by Crippen LogP contribution is -2.05. The minimum atomic E-state index is -3.06. The van der Waals surface area contributed by atoms with Crippen molar-refractivity contribution < 1.29 is 8.42 Å². The van der Waals surface area contributed by atoms with Crippen LogP contribution in [0.2, 0.25) is 0 Å². The second kappa shape index (κ2) is 3.58. The van der Waals surface area contributed by atoms with Crippen molar-refractivity contribution in [3.63, 3.8) is 0 Å². The monoisotopic (exact) mass is 184 g/mol. The van der Waals surface area contributed by atoms with Crippen molar-refractivity contribution in [2.45, 2.75) is 0 Å². The Bertz CT molecular complexity index is 331. The van der Waals surface area contributed by atoms with Crippen molar-refractivity contribution in [1.82, 2.24) is 0 Å². The molecular formula is C8H10NO2S. The number of hydrogen-bond donors (Lipinski definition) is 1. The first-order chi connectivity index (χ1) is 5.58. The quantitative estimate of drug-likeness (QED) is 0.769. The van der Waals surface area contributed by atoms with E-state index in [-0.39, 0.29) is 0 Å². The first kappa shape index (κ1) is 9.06. The van der Waals surface area contributed by atoms with E-state index in [0.29, 0.717) is 0 Å². The van der Waals surface area contributed by atoms with Crippen LogP contribution in [-0.4, -0.2) is 14.7 Å². The summed E-state index contributed by atoms with van der Waals surface area (Å²) in [4.78, 5) is 0. The predicted octanol–water partition coefficient (Wildman–Crippen LogP) is 1.26. The number of hydrogen-bond acceptors (Lipinski definition) is 3. The van der Waals surface area contributed by atoms with Gasteiger partial charge in [-0.2, -0.15) is 0 Å². The van der Waals surface area contributed by atoms with Gasteiger partial charge in [-0.25, -0.2) is 8.42 Å². The van der Waals surface area contributed by atoms with E-state index in [9.17, 15) is 8.42 Å². The van der Waals surface area contributed by atoms with Gasteiger partial charge in [-0.1, -0.05) is 18.2 Å². The van der Waals surface area contributed by atoms with Crippen LogP contribution in [0.3, 0.4) is 0 Å². The van der Waals surface area contributed by atoms with Gasteiger partial charge in [0.1, 0.15) is 0 Å². The highest BCUT2D eigenvalue weighted by molar-refractivity contribution is 7.92. The standard InChI is InChI=1S/C8H10NO2S/c1-12(10,11)7-9-8-5-3-2-4-6-8/h2-7,9H,1H3. The molecule has 0 atom stereocenters.